The first kappa shape index (κ1) is 25.7. The number of fused-ring (bicyclic) bond motifs is 1. The van der Waals surface area contributed by atoms with E-state index >= 15 is 0 Å². The number of carbonyl (C=O) groups is 1. The molecule has 0 unspecified atom stereocenters. The zero-order valence-electron chi connectivity index (χ0n) is 22.3. The number of anilines is 2. The maximum Gasteiger partial charge on any atom is 0.350 e. The van der Waals surface area contributed by atoms with E-state index in [-0.39, 0.29) is 18.3 Å². The summed E-state index contributed by atoms with van der Waals surface area (Å²) in [5, 5.41) is 3.35. The molecule has 1 N–H and O–H groups in total. The van der Waals surface area contributed by atoms with Crippen molar-refractivity contribution < 1.29 is 9.53 Å². The smallest absolute Gasteiger partial charge is 0.350 e. The molecule has 2 aliphatic rings. The van der Waals surface area contributed by atoms with Crippen molar-refractivity contribution in [2.45, 2.75) is 26.2 Å². The van der Waals surface area contributed by atoms with E-state index in [2.05, 4.69) is 44.4 Å². The number of aromatic nitrogens is 2. The molecule has 1 fully saturated rings. The van der Waals surface area contributed by atoms with Gasteiger partial charge in [-0.2, -0.15) is 4.98 Å². The quantitative estimate of drug-likeness (QED) is 0.484. The molecule has 3 aromatic rings. The van der Waals surface area contributed by atoms with Gasteiger partial charge in [0.1, 0.15) is 11.6 Å². The molecule has 2 aromatic carbocycles. The number of hydrogen-bond donors (Lipinski definition) is 1. The molecule has 0 spiro atoms. The van der Waals surface area contributed by atoms with Crippen molar-refractivity contribution >= 4 is 17.6 Å². The molecule has 8 heteroatoms. The summed E-state index contributed by atoms with van der Waals surface area (Å²) in [5.74, 6) is 0.548. The van der Waals surface area contributed by atoms with Crippen LogP contribution in [0.25, 0.3) is 0 Å². The average molecular weight is 514 g/mol. The number of nitrogens with one attached hydrogen (secondary N) is 1. The predicted octanol–water partition coefficient (Wildman–Crippen LogP) is 3.54. The standard InChI is InChI=1S/C30H35N5O3/c1-4-38-29(36)24-21(2)31-27-26(25(24)23-13-9-6-10-14-23)28(32-30(37)33(27)3)35-19-17-34(18-20-35)16-15-22-11-7-5-8-12-22/h5-14,25,31H,4,15-20H2,1-3H3/t25-/m1/s1. The Bertz CT molecular complexity index is 1380. The molecule has 3 heterocycles. The fraction of sp³-hybridized carbons (Fsp3) is 0.367. The van der Waals surface area contributed by atoms with Gasteiger partial charge < -0.3 is 15.0 Å². The van der Waals surface area contributed by atoms with Crippen LogP contribution in [0.5, 0.6) is 0 Å². The third-order valence-corrected chi connectivity index (χ3v) is 7.47. The number of rotatable bonds is 7. The monoisotopic (exact) mass is 513 g/mol. The van der Waals surface area contributed by atoms with Crippen LogP contribution in [0.3, 0.4) is 0 Å². The summed E-state index contributed by atoms with van der Waals surface area (Å²) in [6.45, 7) is 8.20. The van der Waals surface area contributed by atoms with E-state index in [1.165, 1.54) is 10.1 Å². The van der Waals surface area contributed by atoms with Crippen LogP contribution in [-0.2, 0) is 23.0 Å². The molecule has 0 aliphatic carbocycles. The van der Waals surface area contributed by atoms with Gasteiger partial charge in [-0.15, -0.1) is 0 Å². The molecule has 2 aliphatic heterocycles. The highest BCUT2D eigenvalue weighted by Gasteiger charge is 2.38. The Morgan fingerprint density at radius 2 is 1.68 bits per heavy atom. The lowest BCUT2D eigenvalue weighted by molar-refractivity contribution is -0.138. The summed E-state index contributed by atoms with van der Waals surface area (Å²) >= 11 is 0. The minimum atomic E-state index is -0.406. The van der Waals surface area contributed by atoms with E-state index in [0.29, 0.717) is 22.9 Å². The third kappa shape index (κ3) is 5.09. The second-order valence-electron chi connectivity index (χ2n) is 9.83. The lowest BCUT2D eigenvalue weighted by Crippen LogP contribution is -2.48. The van der Waals surface area contributed by atoms with E-state index in [1.54, 1.807) is 7.05 Å². The molecular weight excluding hydrogens is 478 g/mol. The van der Waals surface area contributed by atoms with Crippen LogP contribution in [0.15, 0.2) is 76.7 Å². The van der Waals surface area contributed by atoms with Gasteiger partial charge in [0, 0.05) is 51.0 Å². The SMILES string of the molecule is CCOC(=O)C1=C(C)Nc2c(c(N3CCN(CCc4ccccc4)CC3)nc(=O)n2C)[C@@H]1c1ccccc1. The van der Waals surface area contributed by atoms with Gasteiger partial charge in [-0.1, -0.05) is 60.7 Å². The number of allylic oxidation sites excluding steroid dienone is 1. The summed E-state index contributed by atoms with van der Waals surface area (Å²) in [4.78, 5) is 35.5. The summed E-state index contributed by atoms with van der Waals surface area (Å²) in [5.41, 5.74) is 4.04. The highest BCUT2D eigenvalue weighted by atomic mass is 16.5. The van der Waals surface area contributed by atoms with Gasteiger partial charge in [-0.25, -0.2) is 9.59 Å². The Morgan fingerprint density at radius 1 is 1.03 bits per heavy atom. The fourth-order valence-electron chi connectivity index (χ4n) is 5.45. The normalized spacial score (nSPS) is 17.7. The number of carbonyl (C=O) groups excluding carboxylic acids is 1. The first-order valence-corrected chi connectivity index (χ1v) is 13.3. The largest absolute Gasteiger partial charge is 0.463 e. The second-order valence-corrected chi connectivity index (χ2v) is 9.83. The summed E-state index contributed by atoms with van der Waals surface area (Å²) in [7, 11) is 1.72. The maximum absolute atomic E-state index is 13.2. The maximum atomic E-state index is 13.2. The van der Waals surface area contributed by atoms with Crippen molar-refractivity contribution in [3.63, 3.8) is 0 Å². The molecular formula is C30H35N5O3. The average Bonchev–Trinajstić information content (AvgIpc) is 2.95. The van der Waals surface area contributed by atoms with Gasteiger partial charge in [-0.05, 0) is 31.4 Å². The molecule has 0 amide bonds. The topological polar surface area (TPSA) is 79.7 Å². The van der Waals surface area contributed by atoms with Crippen LogP contribution in [0.2, 0.25) is 0 Å². The fourth-order valence-corrected chi connectivity index (χ4v) is 5.45. The van der Waals surface area contributed by atoms with E-state index in [0.717, 1.165) is 50.3 Å². The second kappa shape index (κ2) is 11.2. The predicted molar refractivity (Wildman–Crippen MR) is 150 cm³/mol. The summed E-state index contributed by atoms with van der Waals surface area (Å²) in [6.07, 6.45) is 1.01. The van der Waals surface area contributed by atoms with Gasteiger partial charge in [0.2, 0.25) is 0 Å². The van der Waals surface area contributed by atoms with Crippen LogP contribution in [0, 0.1) is 0 Å². The van der Waals surface area contributed by atoms with E-state index in [4.69, 9.17) is 4.74 Å². The van der Waals surface area contributed by atoms with Gasteiger partial charge in [0.25, 0.3) is 0 Å². The van der Waals surface area contributed by atoms with Gasteiger partial charge in [0.15, 0.2) is 0 Å². The van der Waals surface area contributed by atoms with Crippen molar-refractivity contribution in [1.29, 1.82) is 0 Å². The van der Waals surface area contributed by atoms with Crippen LogP contribution < -0.4 is 15.9 Å². The molecule has 1 aromatic heterocycles. The number of esters is 1. The first-order chi connectivity index (χ1) is 18.5. The first-order valence-electron chi connectivity index (χ1n) is 13.3. The van der Waals surface area contributed by atoms with Crippen LogP contribution >= 0.6 is 0 Å². The number of benzene rings is 2. The van der Waals surface area contributed by atoms with Crippen molar-refractivity contribution in [3.8, 4) is 0 Å². The van der Waals surface area contributed by atoms with Gasteiger partial charge >= 0.3 is 11.7 Å². The highest BCUT2D eigenvalue weighted by molar-refractivity contribution is 5.95. The minimum absolute atomic E-state index is 0.285. The van der Waals surface area contributed by atoms with Crippen LogP contribution in [0.4, 0.5) is 11.6 Å². The van der Waals surface area contributed by atoms with Crippen molar-refractivity contribution in [2.75, 3.05) is 49.5 Å². The van der Waals surface area contributed by atoms with E-state index in [1.807, 2.05) is 50.2 Å². The number of piperazine rings is 1. The van der Waals surface area contributed by atoms with Gasteiger partial charge in [0.05, 0.1) is 18.1 Å². The Balaban J connectivity index is 1.49. The number of ether oxygens (including phenoxy) is 1. The molecule has 1 saturated heterocycles. The number of hydrogen-bond acceptors (Lipinski definition) is 7. The Morgan fingerprint density at radius 3 is 2.34 bits per heavy atom. The molecule has 0 saturated carbocycles. The van der Waals surface area contributed by atoms with Gasteiger partial charge in [-0.3, -0.25) is 9.47 Å². The molecule has 8 nitrogen and oxygen atoms in total. The Labute approximate surface area is 223 Å². The lowest BCUT2D eigenvalue weighted by atomic mass is 9.81. The highest BCUT2D eigenvalue weighted by Crippen LogP contribution is 2.45. The summed E-state index contributed by atoms with van der Waals surface area (Å²) in [6, 6.07) is 20.5. The molecule has 38 heavy (non-hydrogen) atoms. The van der Waals surface area contributed by atoms with Crippen molar-refractivity contribution in [2.24, 2.45) is 7.05 Å². The zero-order valence-corrected chi connectivity index (χ0v) is 22.3. The lowest BCUT2D eigenvalue weighted by Gasteiger charge is -2.39. The Hall–Kier alpha value is -3.91. The van der Waals surface area contributed by atoms with E-state index < -0.39 is 5.92 Å². The molecule has 0 radical (unpaired) electrons. The van der Waals surface area contributed by atoms with Crippen molar-refractivity contribution in [3.05, 3.63) is 99.1 Å². The minimum Gasteiger partial charge on any atom is -0.463 e. The third-order valence-electron chi connectivity index (χ3n) is 7.47. The molecule has 0 bridgehead atoms. The van der Waals surface area contributed by atoms with Crippen LogP contribution in [-0.4, -0.2) is 59.8 Å². The van der Waals surface area contributed by atoms with E-state index in [9.17, 15) is 9.59 Å². The Kier molecular flexibility index (Phi) is 7.60. The summed E-state index contributed by atoms with van der Waals surface area (Å²) < 4.78 is 7.03. The number of nitrogens with zero attached hydrogens (tertiary/aromatic N) is 4. The molecule has 1 atom stereocenters. The zero-order chi connectivity index (χ0) is 26.6. The molecule has 5 rings (SSSR count). The van der Waals surface area contributed by atoms with Crippen molar-refractivity contribution in [1.82, 2.24) is 14.5 Å². The molecule has 198 valence electrons. The van der Waals surface area contributed by atoms with Crippen LogP contribution in [0.1, 0.15) is 36.5 Å².